The van der Waals surface area contributed by atoms with E-state index in [2.05, 4.69) is 5.32 Å². The lowest BCUT2D eigenvalue weighted by Gasteiger charge is -2.17. The minimum Gasteiger partial charge on any atom is -0.393 e. The summed E-state index contributed by atoms with van der Waals surface area (Å²) < 4.78 is 5.65. The topological polar surface area (TPSA) is 61.7 Å². The van der Waals surface area contributed by atoms with Gasteiger partial charge in [0.05, 0.1) is 24.9 Å². The summed E-state index contributed by atoms with van der Waals surface area (Å²) in [4.78, 5) is 0. The fraction of sp³-hybridized carbons (Fsp3) is 0.625. The van der Waals surface area contributed by atoms with Crippen LogP contribution in [0, 0.1) is 0 Å². The molecule has 1 aromatic carbocycles. The van der Waals surface area contributed by atoms with Crippen LogP contribution in [0.5, 0.6) is 0 Å². The fourth-order valence-electron chi connectivity index (χ4n) is 1.88. The second-order valence-corrected chi connectivity index (χ2v) is 5.09. The van der Waals surface area contributed by atoms with Gasteiger partial charge in [-0.15, -0.1) is 0 Å². The average molecular weight is 281 g/mol. The van der Waals surface area contributed by atoms with Gasteiger partial charge in [0.2, 0.25) is 0 Å². The summed E-state index contributed by atoms with van der Waals surface area (Å²) in [6.45, 7) is 5.43. The Balaban J connectivity index is 2.12. The van der Waals surface area contributed by atoms with Crippen LogP contribution in [0.4, 0.5) is 0 Å². The molecule has 0 saturated heterocycles. The van der Waals surface area contributed by atoms with E-state index in [1.165, 1.54) is 0 Å². The maximum absolute atomic E-state index is 9.82. The van der Waals surface area contributed by atoms with E-state index in [4.69, 9.17) is 4.74 Å². The Bertz CT molecular complexity index is 345. The lowest BCUT2D eigenvalue weighted by atomic mass is 10.1. The first-order chi connectivity index (χ1) is 9.63. The van der Waals surface area contributed by atoms with Crippen LogP contribution in [0.1, 0.15) is 38.4 Å². The van der Waals surface area contributed by atoms with Gasteiger partial charge in [0.1, 0.15) is 0 Å². The number of hydrogen-bond donors (Lipinski definition) is 3. The van der Waals surface area contributed by atoms with E-state index in [1.807, 2.05) is 44.2 Å². The fourth-order valence-corrected chi connectivity index (χ4v) is 1.88. The van der Waals surface area contributed by atoms with Crippen LogP contribution < -0.4 is 5.32 Å². The van der Waals surface area contributed by atoms with Crippen molar-refractivity contribution < 1.29 is 14.9 Å². The van der Waals surface area contributed by atoms with Crippen molar-refractivity contribution in [2.24, 2.45) is 0 Å². The molecule has 0 amide bonds. The minimum atomic E-state index is -0.528. The Kier molecular flexibility index (Phi) is 8.46. The van der Waals surface area contributed by atoms with Gasteiger partial charge in [-0.1, -0.05) is 37.3 Å². The summed E-state index contributed by atoms with van der Waals surface area (Å²) in [6.07, 6.45) is 0.675. The minimum absolute atomic E-state index is 0.0206. The van der Waals surface area contributed by atoms with Crippen molar-refractivity contribution in [3.8, 4) is 0 Å². The van der Waals surface area contributed by atoms with Gasteiger partial charge in [-0.05, 0) is 31.9 Å². The van der Waals surface area contributed by atoms with Crippen molar-refractivity contribution in [1.29, 1.82) is 0 Å². The molecule has 0 heterocycles. The SMILES string of the molecule is CCC(O)CCNCC(O)COC(C)c1ccccc1. The number of hydrogen-bond acceptors (Lipinski definition) is 4. The van der Waals surface area contributed by atoms with Crippen molar-refractivity contribution in [2.75, 3.05) is 19.7 Å². The largest absolute Gasteiger partial charge is 0.393 e. The van der Waals surface area contributed by atoms with Gasteiger partial charge in [0.15, 0.2) is 0 Å². The zero-order valence-corrected chi connectivity index (χ0v) is 12.5. The predicted molar refractivity (Wildman–Crippen MR) is 80.6 cm³/mol. The number of nitrogens with one attached hydrogen (secondary N) is 1. The molecule has 0 aliphatic heterocycles. The van der Waals surface area contributed by atoms with E-state index in [9.17, 15) is 10.2 Å². The monoisotopic (exact) mass is 281 g/mol. The molecule has 4 heteroatoms. The van der Waals surface area contributed by atoms with E-state index in [0.29, 0.717) is 26.1 Å². The highest BCUT2D eigenvalue weighted by atomic mass is 16.5. The Morgan fingerprint density at radius 1 is 1.15 bits per heavy atom. The molecule has 1 rings (SSSR count). The third-order valence-corrected chi connectivity index (χ3v) is 3.31. The molecule has 0 radical (unpaired) electrons. The summed E-state index contributed by atoms with van der Waals surface area (Å²) in [5, 5.41) is 22.3. The number of benzene rings is 1. The highest BCUT2D eigenvalue weighted by Gasteiger charge is 2.09. The molecule has 0 aromatic heterocycles. The van der Waals surface area contributed by atoms with E-state index in [-0.39, 0.29) is 12.2 Å². The van der Waals surface area contributed by atoms with E-state index < -0.39 is 6.10 Å². The molecule has 4 nitrogen and oxygen atoms in total. The van der Waals surface area contributed by atoms with E-state index >= 15 is 0 Å². The first kappa shape index (κ1) is 17.1. The van der Waals surface area contributed by atoms with Crippen LogP contribution in [-0.4, -0.2) is 42.1 Å². The Labute approximate surface area is 121 Å². The van der Waals surface area contributed by atoms with Gasteiger partial charge in [0, 0.05) is 6.54 Å². The normalized spacial score (nSPS) is 15.8. The Hall–Kier alpha value is -0.940. The first-order valence-electron chi connectivity index (χ1n) is 7.36. The van der Waals surface area contributed by atoms with Crippen LogP contribution >= 0.6 is 0 Å². The number of aliphatic hydroxyl groups is 2. The quantitative estimate of drug-likeness (QED) is 0.573. The number of ether oxygens (including phenoxy) is 1. The molecule has 3 atom stereocenters. The molecule has 3 unspecified atom stereocenters. The van der Waals surface area contributed by atoms with Gasteiger partial charge in [-0.2, -0.15) is 0 Å². The molecule has 0 aliphatic carbocycles. The van der Waals surface area contributed by atoms with Crippen LogP contribution in [0.2, 0.25) is 0 Å². The van der Waals surface area contributed by atoms with E-state index in [0.717, 1.165) is 12.0 Å². The van der Waals surface area contributed by atoms with Gasteiger partial charge in [0.25, 0.3) is 0 Å². The summed E-state index contributed by atoms with van der Waals surface area (Å²) in [5.41, 5.74) is 1.11. The van der Waals surface area contributed by atoms with Gasteiger partial charge in [-0.25, -0.2) is 0 Å². The molecule has 0 aliphatic rings. The maximum Gasteiger partial charge on any atom is 0.0897 e. The highest BCUT2D eigenvalue weighted by molar-refractivity contribution is 5.16. The molecular weight excluding hydrogens is 254 g/mol. The van der Waals surface area contributed by atoms with E-state index in [1.54, 1.807) is 0 Å². The molecule has 0 saturated carbocycles. The van der Waals surface area contributed by atoms with Crippen molar-refractivity contribution in [3.05, 3.63) is 35.9 Å². The van der Waals surface area contributed by atoms with Crippen LogP contribution in [0.3, 0.4) is 0 Å². The number of rotatable bonds is 10. The molecule has 0 fully saturated rings. The molecular formula is C16H27NO3. The van der Waals surface area contributed by atoms with Gasteiger partial charge >= 0.3 is 0 Å². The lowest BCUT2D eigenvalue weighted by Crippen LogP contribution is -2.32. The zero-order valence-electron chi connectivity index (χ0n) is 12.5. The summed E-state index contributed by atoms with van der Waals surface area (Å²) >= 11 is 0. The second kappa shape index (κ2) is 9.88. The smallest absolute Gasteiger partial charge is 0.0897 e. The molecule has 1 aromatic rings. The Morgan fingerprint density at radius 3 is 2.50 bits per heavy atom. The lowest BCUT2D eigenvalue weighted by molar-refractivity contribution is -0.00221. The third-order valence-electron chi connectivity index (χ3n) is 3.31. The molecule has 0 bridgehead atoms. The van der Waals surface area contributed by atoms with Crippen LogP contribution in [-0.2, 0) is 4.74 Å². The summed E-state index contributed by atoms with van der Waals surface area (Å²) in [6, 6.07) is 9.96. The first-order valence-corrected chi connectivity index (χ1v) is 7.36. The van der Waals surface area contributed by atoms with Crippen molar-refractivity contribution >= 4 is 0 Å². The third kappa shape index (κ3) is 7.01. The summed E-state index contributed by atoms with van der Waals surface area (Å²) in [5.74, 6) is 0. The van der Waals surface area contributed by atoms with Gasteiger partial charge in [-0.3, -0.25) is 0 Å². The molecule has 3 N–H and O–H groups in total. The standard InChI is InChI=1S/C16H27NO3/c1-3-15(18)9-10-17-11-16(19)12-20-13(2)14-7-5-4-6-8-14/h4-8,13,15-19H,3,9-12H2,1-2H3. The Morgan fingerprint density at radius 2 is 1.85 bits per heavy atom. The van der Waals surface area contributed by atoms with Crippen LogP contribution in [0.15, 0.2) is 30.3 Å². The van der Waals surface area contributed by atoms with Crippen LogP contribution in [0.25, 0.3) is 0 Å². The zero-order chi connectivity index (χ0) is 14.8. The van der Waals surface area contributed by atoms with Crippen molar-refractivity contribution in [3.63, 3.8) is 0 Å². The van der Waals surface area contributed by atoms with Gasteiger partial charge < -0.3 is 20.3 Å². The second-order valence-electron chi connectivity index (χ2n) is 5.09. The maximum atomic E-state index is 9.82. The molecule has 0 spiro atoms. The van der Waals surface area contributed by atoms with Crippen molar-refractivity contribution in [2.45, 2.75) is 45.0 Å². The molecule has 20 heavy (non-hydrogen) atoms. The summed E-state index contributed by atoms with van der Waals surface area (Å²) in [7, 11) is 0. The predicted octanol–water partition coefficient (Wildman–Crippen LogP) is 1.88. The highest BCUT2D eigenvalue weighted by Crippen LogP contribution is 2.15. The number of aliphatic hydroxyl groups excluding tert-OH is 2. The van der Waals surface area contributed by atoms with Crippen molar-refractivity contribution in [1.82, 2.24) is 5.32 Å². The molecule has 114 valence electrons. The average Bonchev–Trinajstić information content (AvgIpc) is 2.49.